The van der Waals surface area contributed by atoms with Gasteiger partial charge in [0.1, 0.15) is 0 Å². The van der Waals surface area contributed by atoms with Crippen LogP contribution in [0.4, 0.5) is 0 Å². The molecule has 12 aromatic carbocycles. The van der Waals surface area contributed by atoms with E-state index in [0.717, 1.165) is 21.9 Å². The molecule has 0 atom stereocenters. The van der Waals surface area contributed by atoms with Gasteiger partial charge in [0.15, 0.2) is 0 Å². The maximum atomic E-state index is 6.46. The minimum atomic E-state index is 0.0830. The van der Waals surface area contributed by atoms with Gasteiger partial charge in [-0.15, -0.1) is 0 Å². The predicted octanol–water partition coefficient (Wildman–Crippen LogP) is 17.9. The molecule has 14 rings (SSSR count). The fourth-order valence-electron chi connectivity index (χ4n) is 11.1. The van der Waals surface area contributed by atoms with Crippen LogP contribution in [-0.4, -0.2) is 14.5 Å². The van der Waals surface area contributed by atoms with Gasteiger partial charge in [0.25, 0.3) is 0 Å². The Kier molecular flexibility index (Phi) is 8.37. The monoisotopic (exact) mass is 902 g/mol. The van der Waals surface area contributed by atoms with Crippen LogP contribution in [0.2, 0.25) is 0 Å². The van der Waals surface area contributed by atoms with E-state index >= 15 is 0 Å². The van der Waals surface area contributed by atoms with E-state index in [1.54, 1.807) is 0 Å². The molecule has 0 aliphatic heterocycles. The summed E-state index contributed by atoms with van der Waals surface area (Å²) < 4.78 is 9.34. The van der Waals surface area contributed by atoms with Crippen LogP contribution in [0.3, 0.4) is 0 Å². The average Bonchev–Trinajstić information content (AvgIpc) is 3.96. The van der Waals surface area contributed by atoms with Gasteiger partial charge in [-0.3, -0.25) is 0 Å². The third-order valence-corrected chi connectivity index (χ3v) is 16.4. The number of benzene rings is 12. The van der Waals surface area contributed by atoms with Gasteiger partial charge in [-0.1, -0.05) is 36.4 Å². The van der Waals surface area contributed by atoms with Crippen molar-refractivity contribution >= 4 is 98.8 Å². The molecule has 66 heavy (non-hydrogen) atoms. The Balaban J connectivity index is 1.01. The summed E-state index contributed by atoms with van der Waals surface area (Å²) in [7, 11) is 0. The van der Waals surface area contributed by atoms with Gasteiger partial charge in [0, 0.05) is 0 Å². The molecule has 306 valence electrons. The molecule has 14 aromatic rings. The predicted molar refractivity (Wildman–Crippen MR) is 283 cm³/mol. The molecule has 1 nitrogen and oxygen atoms in total. The van der Waals surface area contributed by atoms with Gasteiger partial charge in [-0.05, 0) is 5.56 Å². The number of rotatable bonds is 5. The molecule has 2 heterocycles. The Morgan fingerprint density at radius 2 is 0.667 bits per heavy atom. The van der Waals surface area contributed by atoms with Crippen LogP contribution in [0.15, 0.2) is 235 Å². The molecule has 0 aliphatic rings. The molecule has 0 fully saturated rings. The Morgan fingerprint density at radius 3 is 1.23 bits per heavy atom. The molecular formula is C64H38OSe. The fraction of sp³-hybridized carbons (Fsp3) is 0. The number of fused-ring (bicyclic) bond motifs is 10. The molecule has 2 heteroatoms. The van der Waals surface area contributed by atoms with E-state index in [0.29, 0.717) is 0 Å². The SMILES string of the molecule is c1ccc(-c2ccc3oc4ccc(-c5c6ccccc6c(-c6cccc7c6[se]c6cccc(-c8c9ccccc9c(-c9ccccc9)c9ccccc89)c67)c6ccccc56)cc4c3c2)cc1. The van der Waals surface area contributed by atoms with Gasteiger partial charge in [-0.2, -0.15) is 0 Å². The largest absolute Gasteiger partial charge is 0.0617 e. The van der Waals surface area contributed by atoms with Gasteiger partial charge < -0.3 is 0 Å². The summed E-state index contributed by atoms with van der Waals surface area (Å²) in [6, 6.07) is 85.1. The Morgan fingerprint density at radius 1 is 0.258 bits per heavy atom. The van der Waals surface area contributed by atoms with Crippen LogP contribution in [0.1, 0.15) is 0 Å². The molecule has 0 saturated carbocycles. The maximum absolute atomic E-state index is 6.46. The number of hydrogen-bond donors (Lipinski definition) is 0. The third kappa shape index (κ3) is 5.60. The van der Waals surface area contributed by atoms with Gasteiger partial charge in [0.2, 0.25) is 0 Å². The Bertz CT molecular complexity index is 4160. The molecule has 0 bridgehead atoms. The van der Waals surface area contributed by atoms with Crippen molar-refractivity contribution in [2.24, 2.45) is 0 Å². The van der Waals surface area contributed by atoms with Gasteiger partial charge in [0.05, 0.1) is 0 Å². The summed E-state index contributed by atoms with van der Waals surface area (Å²) in [5, 5.41) is 15.1. The molecule has 0 amide bonds. The van der Waals surface area contributed by atoms with Gasteiger partial charge >= 0.3 is 347 Å². The van der Waals surface area contributed by atoms with Crippen LogP contribution in [0, 0.1) is 0 Å². The average molecular weight is 902 g/mol. The topological polar surface area (TPSA) is 13.1 Å². The first-order valence-corrected chi connectivity index (χ1v) is 24.4. The number of hydrogen-bond acceptors (Lipinski definition) is 1. The van der Waals surface area contributed by atoms with E-state index in [-0.39, 0.29) is 14.5 Å². The normalized spacial score (nSPS) is 11.9. The second-order valence-corrected chi connectivity index (χ2v) is 19.6. The smallest absolute Gasteiger partial charge is 0.0544 e. The molecule has 0 radical (unpaired) electrons. The first-order valence-electron chi connectivity index (χ1n) is 22.7. The summed E-state index contributed by atoms with van der Waals surface area (Å²) >= 11 is 0.0830. The van der Waals surface area contributed by atoms with Crippen molar-refractivity contribution in [3.63, 3.8) is 0 Å². The minimum absolute atomic E-state index is 0.0830. The van der Waals surface area contributed by atoms with E-state index in [2.05, 4.69) is 231 Å². The van der Waals surface area contributed by atoms with Crippen molar-refractivity contribution in [2.75, 3.05) is 0 Å². The standard InChI is InChI=1S/C64H38OSe/c1-3-17-39(18-4-1)41-33-35-56-54(37-41)55-38-42(34-36-57(55)65-56)60-45-23-9-13-27-49(45)62(50-28-14-10-24-46(50)60)52-30-15-31-53-63-51(29-16-32-58(63)66-64(52)53)61-47-25-11-7-21-43(47)59(40-19-5-2-6-20-40)44-22-8-12-26-48(44)61/h1-38H. The first kappa shape index (κ1) is 37.4. The molecule has 0 unspecified atom stereocenters. The van der Waals surface area contributed by atoms with Crippen LogP contribution in [-0.2, 0) is 0 Å². The second kappa shape index (κ2) is 14.8. The Labute approximate surface area is 387 Å². The Hall–Kier alpha value is -8.00. The summed E-state index contributed by atoms with van der Waals surface area (Å²) in [6.07, 6.45) is 0. The third-order valence-electron chi connectivity index (χ3n) is 13.9. The van der Waals surface area contributed by atoms with Crippen molar-refractivity contribution in [3.05, 3.63) is 231 Å². The van der Waals surface area contributed by atoms with Crippen LogP contribution >= 0.6 is 0 Å². The zero-order valence-electron chi connectivity index (χ0n) is 35.8. The summed E-state index contributed by atoms with van der Waals surface area (Å²) in [5.41, 5.74) is 14.4. The maximum Gasteiger partial charge on any atom is -0.0544 e. The van der Waals surface area contributed by atoms with Crippen molar-refractivity contribution < 1.29 is 4.42 Å². The zero-order chi connectivity index (χ0) is 43.3. The number of furan rings is 1. The van der Waals surface area contributed by atoms with E-state index in [4.69, 9.17) is 4.42 Å². The van der Waals surface area contributed by atoms with Crippen molar-refractivity contribution in [2.45, 2.75) is 0 Å². The van der Waals surface area contributed by atoms with Crippen molar-refractivity contribution in [1.29, 1.82) is 0 Å². The van der Waals surface area contributed by atoms with E-state index in [1.807, 2.05) is 0 Å². The second-order valence-electron chi connectivity index (χ2n) is 17.4. The molecular weight excluding hydrogens is 864 g/mol. The first-order chi connectivity index (χ1) is 32.8. The summed E-state index contributed by atoms with van der Waals surface area (Å²) in [4.78, 5) is 0. The van der Waals surface area contributed by atoms with E-state index in [1.165, 1.54) is 118 Å². The minimum Gasteiger partial charge on any atom is -0.0617 e. The van der Waals surface area contributed by atoms with Crippen LogP contribution in [0.25, 0.3) is 140 Å². The quantitative estimate of drug-likeness (QED) is 0.124. The summed E-state index contributed by atoms with van der Waals surface area (Å²) in [6.45, 7) is 0. The molecule has 0 aliphatic carbocycles. The molecule has 0 spiro atoms. The van der Waals surface area contributed by atoms with E-state index < -0.39 is 0 Å². The van der Waals surface area contributed by atoms with Crippen molar-refractivity contribution in [1.82, 2.24) is 0 Å². The zero-order valence-corrected chi connectivity index (χ0v) is 37.5. The molecule has 0 saturated heterocycles. The van der Waals surface area contributed by atoms with E-state index in [9.17, 15) is 0 Å². The fourth-order valence-corrected chi connectivity index (χ4v) is 13.7. The van der Waals surface area contributed by atoms with Crippen molar-refractivity contribution in [3.8, 4) is 55.6 Å². The van der Waals surface area contributed by atoms with Gasteiger partial charge in [-0.25, -0.2) is 0 Å². The summed E-state index contributed by atoms with van der Waals surface area (Å²) in [5.74, 6) is 0. The van der Waals surface area contributed by atoms with Crippen LogP contribution < -0.4 is 0 Å². The molecule has 0 N–H and O–H groups in total. The molecule has 2 aromatic heterocycles. The van der Waals surface area contributed by atoms with Crippen LogP contribution in [0.5, 0.6) is 0 Å².